The largest absolute Gasteiger partial charge is 0.497 e. The Morgan fingerprint density at radius 2 is 1.90 bits per heavy atom. The first-order valence-electron chi connectivity index (χ1n) is 7.17. The van der Waals surface area contributed by atoms with Crippen molar-refractivity contribution in [3.05, 3.63) is 23.8 Å². The average Bonchev–Trinajstić information content (AvgIpc) is 2.47. The van der Waals surface area contributed by atoms with Crippen LogP contribution in [0.5, 0.6) is 11.5 Å². The lowest BCUT2D eigenvalue weighted by Gasteiger charge is -2.29. The SMILES string of the molecule is COc1ccc(C(C)=O)c(OC(=O)N2CCC(C)CC2)c1. The number of methoxy groups -OCH3 is 1. The molecular formula is C16H21NO4. The molecule has 0 unspecified atom stereocenters. The zero-order valence-electron chi connectivity index (χ0n) is 12.7. The molecule has 1 amide bonds. The highest BCUT2D eigenvalue weighted by atomic mass is 16.6. The number of ketones is 1. The van der Waals surface area contributed by atoms with Gasteiger partial charge in [0.05, 0.1) is 12.7 Å². The van der Waals surface area contributed by atoms with Gasteiger partial charge in [-0.05, 0) is 37.8 Å². The molecule has 1 aliphatic rings. The zero-order chi connectivity index (χ0) is 15.4. The van der Waals surface area contributed by atoms with Gasteiger partial charge in [-0.3, -0.25) is 4.79 Å². The molecule has 0 aromatic heterocycles. The average molecular weight is 291 g/mol. The van der Waals surface area contributed by atoms with Gasteiger partial charge in [-0.2, -0.15) is 0 Å². The molecule has 0 aliphatic carbocycles. The summed E-state index contributed by atoms with van der Waals surface area (Å²) in [7, 11) is 1.53. The number of nitrogens with zero attached hydrogens (tertiary/aromatic N) is 1. The van der Waals surface area contributed by atoms with Crippen molar-refractivity contribution in [2.75, 3.05) is 20.2 Å². The summed E-state index contributed by atoms with van der Waals surface area (Å²) in [6.07, 6.45) is 1.55. The molecule has 1 fully saturated rings. The molecule has 21 heavy (non-hydrogen) atoms. The maximum Gasteiger partial charge on any atom is 0.415 e. The molecule has 5 heteroatoms. The summed E-state index contributed by atoms with van der Waals surface area (Å²) >= 11 is 0. The minimum absolute atomic E-state index is 0.146. The summed E-state index contributed by atoms with van der Waals surface area (Å²) in [6, 6.07) is 4.86. The first kappa shape index (κ1) is 15.4. The second-order valence-corrected chi connectivity index (χ2v) is 5.46. The Kier molecular flexibility index (Phi) is 4.83. The molecule has 1 aromatic rings. The summed E-state index contributed by atoms with van der Waals surface area (Å²) in [6.45, 7) is 5.01. The van der Waals surface area contributed by atoms with Gasteiger partial charge in [0.1, 0.15) is 11.5 Å². The number of benzene rings is 1. The summed E-state index contributed by atoms with van der Waals surface area (Å²) in [5, 5.41) is 0. The van der Waals surface area contributed by atoms with Crippen molar-refractivity contribution in [2.45, 2.75) is 26.7 Å². The normalized spacial score (nSPS) is 15.7. The van der Waals surface area contributed by atoms with Gasteiger partial charge in [0.25, 0.3) is 0 Å². The van der Waals surface area contributed by atoms with E-state index in [1.165, 1.54) is 14.0 Å². The van der Waals surface area contributed by atoms with Crippen LogP contribution < -0.4 is 9.47 Å². The lowest BCUT2D eigenvalue weighted by atomic mass is 10.00. The van der Waals surface area contributed by atoms with E-state index in [1.54, 1.807) is 23.1 Å². The fraction of sp³-hybridized carbons (Fsp3) is 0.500. The van der Waals surface area contributed by atoms with Gasteiger partial charge in [0, 0.05) is 19.2 Å². The fourth-order valence-electron chi connectivity index (χ4n) is 2.35. The van der Waals surface area contributed by atoms with Crippen molar-refractivity contribution in [3.63, 3.8) is 0 Å². The summed E-state index contributed by atoms with van der Waals surface area (Å²) < 4.78 is 10.5. The van der Waals surface area contributed by atoms with Crippen LogP contribution in [-0.4, -0.2) is 37.0 Å². The number of carbonyl (C=O) groups excluding carboxylic acids is 2. The fourth-order valence-corrected chi connectivity index (χ4v) is 2.35. The summed E-state index contributed by atoms with van der Waals surface area (Å²) in [5.41, 5.74) is 0.384. The number of likely N-dealkylation sites (tertiary alicyclic amines) is 1. The molecule has 1 saturated heterocycles. The van der Waals surface area contributed by atoms with E-state index in [-0.39, 0.29) is 11.5 Å². The van der Waals surface area contributed by atoms with E-state index in [0.717, 1.165) is 12.8 Å². The number of rotatable bonds is 3. The third-order valence-electron chi connectivity index (χ3n) is 3.81. The van der Waals surface area contributed by atoms with Gasteiger partial charge in [-0.15, -0.1) is 0 Å². The molecule has 0 radical (unpaired) electrons. The number of carbonyl (C=O) groups is 2. The van der Waals surface area contributed by atoms with E-state index in [9.17, 15) is 9.59 Å². The lowest BCUT2D eigenvalue weighted by Crippen LogP contribution is -2.39. The van der Waals surface area contributed by atoms with Crippen LogP contribution in [0.2, 0.25) is 0 Å². The van der Waals surface area contributed by atoms with Gasteiger partial charge < -0.3 is 14.4 Å². The quantitative estimate of drug-likeness (QED) is 0.803. The minimum Gasteiger partial charge on any atom is -0.497 e. The molecule has 1 aromatic carbocycles. The predicted octanol–water partition coefficient (Wildman–Crippen LogP) is 3.13. The number of amides is 1. The highest BCUT2D eigenvalue weighted by molar-refractivity contribution is 5.97. The van der Waals surface area contributed by atoms with Crippen LogP contribution >= 0.6 is 0 Å². The molecule has 0 bridgehead atoms. The van der Waals surface area contributed by atoms with Crippen molar-refractivity contribution in [2.24, 2.45) is 5.92 Å². The van der Waals surface area contributed by atoms with Gasteiger partial charge in [-0.1, -0.05) is 6.92 Å². The number of hydrogen-bond acceptors (Lipinski definition) is 4. The smallest absolute Gasteiger partial charge is 0.415 e. The lowest BCUT2D eigenvalue weighted by molar-refractivity contribution is 0.101. The molecule has 2 rings (SSSR count). The molecule has 0 atom stereocenters. The van der Waals surface area contributed by atoms with Crippen LogP contribution in [0.3, 0.4) is 0 Å². The Bertz CT molecular complexity index is 533. The highest BCUT2D eigenvalue weighted by Gasteiger charge is 2.23. The van der Waals surface area contributed by atoms with Crippen LogP contribution in [0, 0.1) is 5.92 Å². The van der Waals surface area contributed by atoms with E-state index >= 15 is 0 Å². The summed E-state index contributed by atoms with van der Waals surface area (Å²) in [4.78, 5) is 25.5. The van der Waals surface area contributed by atoms with Crippen molar-refractivity contribution in [3.8, 4) is 11.5 Å². The van der Waals surface area contributed by atoms with E-state index < -0.39 is 6.09 Å². The number of Topliss-reactive ketones (excluding diaryl/α,β-unsaturated/α-hetero) is 1. The monoisotopic (exact) mass is 291 g/mol. The maximum absolute atomic E-state index is 12.2. The van der Waals surface area contributed by atoms with Crippen LogP contribution in [-0.2, 0) is 0 Å². The second kappa shape index (κ2) is 6.61. The molecule has 0 saturated carbocycles. The Hall–Kier alpha value is -2.04. The Labute approximate surface area is 124 Å². The third-order valence-corrected chi connectivity index (χ3v) is 3.81. The van der Waals surface area contributed by atoms with Gasteiger partial charge in [-0.25, -0.2) is 4.79 Å². The number of piperidine rings is 1. The van der Waals surface area contributed by atoms with Crippen molar-refractivity contribution >= 4 is 11.9 Å². The molecule has 1 aliphatic heterocycles. The van der Waals surface area contributed by atoms with Crippen LogP contribution in [0.4, 0.5) is 4.79 Å². The van der Waals surface area contributed by atoms with E-state index in [0.29, 0.717) is 30.3 Å². The third kappa shape index (κ3) is 3.74. The van der Waals surface area contributed by atoms with Crippen molar-refractivity contribution < 1.29 is 19.1 Å². The van der Waals surface area contributed by atoms with Crippen LogP contribution in [0.1, 0.15) is 37.0 Å². The molecule has 5 nitrogen and oxygen atoms in total. The first-order valence-corrected chi connectivity index (χ1v) is 7.17. The van der Waals surface area contributed by atoms with Gasteiger partial charge in [0.15, 0.2) is 5.78 Å². The molecule has 114 valence electrons. The van der Waals surface area contributed by atoms with E-state index in [1.807, 2.05) is 0 Å². The molecule has 0 N–H and O–H groups in total. The van der Waals surface area contributed by atoms with E-state index in [2.05, 4.69) is 6.92 Å². The zero-order valence-corrected chi connectivity index (χ0v) is 12.7. The Balaban J connectivity index is 2.14. The van der Waals surface area contributed by atoms with E-state index in [4.69, 9.17) is 9.47 Å². The van der Waals surface area contributed by atoms with Crippen LogP contribution in [0.25, 0.3) is 0 Å². The topological polar surface area (TPSA) is 55.8 Å². The maximum atomic E-state index is 12.2. The van der Waals surface area contributed by atoms with Gasteiger partial charge in [0.2, 0.25) is 0 Å². The van der Waals surface area contributed by atoms with Crippen molar-refractivity contribution in [1.29, 1.82) is 0 Å². The molecule has 1 heterocycles. The molecular weight excluding hydrogens is 270 g/mol. The van der Waals surface area contributed by atoms with Crippen molar-refractivity contribution in [1.82, 2.24) is 4.90 Å². The van der Waals surface area contributed by atoms with Gasteiger partial charge >= 0.3 is 6.09 Å². The second-order valence-electron chi connectivity index (χ2n) is 5.46. The number of ether oxygens (including phenoxy) is 2. The summed E-state index contributed by atoms with van der Waals surface area (Å²) in [5.74, 6) is 1.30. The highest BCUT2D eigenvalue weighted by Crippen LogP contribution is 2.26. The standard InChI is InChI=1S/C16H21NO4/c1-11-6-8-17(9-7-11)16(19)21-15-10-13(20-3)4-5-14(15)12(2)18/h4-5,10-11H,6-9H2,1-3H3. The Morgan fingerprint density at radius 1 is 1.24 bits per heavy atom. The predicted molar refractivity (Wildman–Crippen MR) is 79.0 cm³/mol. The molecule has 0 spiro atoms. The Morgan fingerprint density at radius 3 is 2.48 bits per heavy atom. The minimum atomic E-state index is -0.405. The number of hydrogen-bond donors (Lipinski definition) is 0. The first-order chi connectivity index (χ1) is 10.0. The van der Waals surface area contributed by atoms with Crippen LogP contribution in [0.15, 0.2) is 18.2 Å².